The van der Waals surface area contributed by atoms with Gasteiger partial charge in [-0.2, -0.15) is 0 Å². The van der Waals surface area contributed by atoms with E-state index < -0.39 is 16.1 Å². The van der Waals surface area contributed by atoms with Gasteiger partial charge in [0.15, 0.2) is 6.23 Å². The number of halogens is 3. The largest absolute Gasteiger partial charge is 0.369 e. The molecule has 0 aromatic rings. The van der Waals surface area contributed by atoms with E-state index in [2.05, 4.69) is 31.4 Å². The first kappa shape index (κ1) is 17.2. The molecule has 2 amide bonds. The van der Waals surface area contributed by atoms with Crippen molar-refractivity contribution in [2.24, 2.45) is 17.3 Å². The standard InChI is InChI=1S/C12H21Cl3N2O2/c1-4-7-5-8(11(7,2)3)6-16-10(19)17-9(18)12(13,14)15/h7-9,18H,4-6H2,1-3H3,(H2,16,17,19)/t7-,8-,9-/m1/s1. The molecule has 1 rings (SSSR count). The van der Waals surface area contributed by atoms with Gasteiger partial charge in [0.1, 0.15) is 0 Å². The Morgan fingerprint density at radius 2 is 2.00 bits per heavy atom. The minimum atomic E-state index is -1.93. The number of carbonyl (C=O) groups excluding carboxylic acids is 1. The summed E-state index contributed by atoms with van der Waals surface area (Å²) in [7, 11) is 0. The highest BCUT2D eigenvalue weighted by Gasteiger charge is 2.46. The fourth-order valence-corrected chi connectivity index (χ4v) is 2.80. The molecule has 3 atom stereocenters. The number of carbonyl (C=O) groups is 1. The van der Waals surface area contributed by atoms with Gasteiger partial charge in [0.25, 0.3) is 0 Å². The zero-order valence-electron chi connectivity index (χ0n) is 11.3. The van der Waals surface area contributed by atoms with Crippen LogP contribution in [0.4, 0.5) is 4.79 Å². The molecule has 7 heteroatoms. The van der Waals surface area contributed by atoms with Gasteiger partial charge in [0.2, 0.25) is 3.79 Å². The molecule has 0 saturated heterocycles. The first-order valence-corrected chi connectivity index (χ1v) is 7.51. The van der Waals surface area contributed by atoms with E-state index in [0.717, 1.165) is 12.8 Å². The van der Waals surface area contributed by atoms with Gasteiger partial charge in [-0.05, 0) is 23.7 Å². The van der Waals surface area contributed by atoms with Crippen LogP contribution in [0.5, 0.6) is 0 Å². The van der Waals surface area contributed by atoms with E-state index >= 15 is 0 Å². The van der Waals surface area contributed by atoms with Crippen LogP contribution in [0, 0.1) is 17.3 Å². The molecule has 0 heterocycles. The van der Waals surface area contributed by atoms with Crippen molar-refractivity contribution in [2.75, 3.05) is 6.54 Å². The molecule has 19 heavy (non-hydrogen) atoms. The van der Waals surface area contributed by atoms with Crippen molar-refractivity contribution in [3.63, 3.8) is 0 Å². The summed E-state index contributed by atoms with van der Waals surface area (Å²) in [4.78, 5) is 11.5. The highest BCUT2D eigenvalue weighted by atomic mass is 35.6. The molecule has 0 aromatic carbocycles. The molecule has 0 aliphatic heterocycles. The summed E-state index contributed by atoms with van der Waals surface area (Å²) in [6.07, 6.45) is 0.730. The summed E-state index contributed by atoms with van der Waals surface area (Å²) in [5.74, 6) is 1.14. The van der Waals surface area contributed by atoms with Gasteiger partial charge in [-0.3, -0.25) is 0 Å². The SMILES string of the molecule is CC[C@@H]1C[C@H](CNC(=O)N[C@H](O)C(Cl)(Cl)Cl)C1(C)C. The summed E-state index contributed by atoms with van der Waals surface area (Å²) in [6.45, 7) is 7.16. The Labute approximate surface area is 129 Å². The van der Waals surface area contributed by atoms with Gasteiger partial charge in [-0.15, -0.1) is 0 Å². The van der Waals surface area contributed by atoms with Crippen molar-refractivity contribution < 1.29 is 9.90 Å². The van der Waals surface area contributed by atoms with Crippen LogP contribution in [0.3, 0.4) is 0 Å². The van der Waals surface area contributed by atoms with Gasteiger partial charge < -0.3 is 15.7 Å². The summed E-state index contributed by atoms with van der Waals surface area (Å²) in [5.41, 5.74) is 0.232. The molecule has 1 aliphatic rings. The number of urea groups is 1. The van der Waals surface area contributed by atoms with Crippen molar-refractivity contribution in [1.82, 2.24) is 10.6 Å². The van der Waals surface area contributed by atoms with Crippen LogP contribution >= 0.6 is 34.8 Å². The first-order chi connectivity index (χ1) is 8.59. The number of alkyl halides is 3. The average molecular weight is 332 g/mol. The van der Waals surface area contributed by atoms with Crippen LogP contribution in [0.25, 0.3) is 0 Å². The summed E-state index contributed by atoms with van der Waals surface area (Å²) in [6, 6.07) is -0.533. The van der Waals surface area contributed by atoms with E-state index in [0.29, 0.717) is 18.4 Å². The quantitative estimate of drug-likeness (QED) is 0.548. The predicted octanol–water partition coefficient (Wildman–Crippen LogP) is 3.05. The van der Waals surface area contributed by atoms with Crippen molar-refractivity contribution in [1.29, 1.82) is 0 Å². The molecule has 1 aliphatic carbocycles. The Morgan fingerprint density at radius 1 is 1.42 bits per heavy atom. The molecular formula is C12H21Cl3N2O2. The van der Waals surface area contributed by atoms with Crippen molar-refractivity contribution >= 4 is 40.8 Å². The fourth-order valence-electron chi connectivity index (χ4n) is 2.64. The zero-order chi connectivity index (χ0) is 14.8. The average Bonchev–Trinajstić information content (AvgIpc) is 2.26. The second-order valence-corrected chi connectivity index (χ2v) is 8.03. The number of aliphatic hydroxyl groups excluding tert-OH is 1. The fraction of sp³-hybridized carbons (Fsp3) is 0.917. The van der Waals surface area contributed by atoms with Crippen LogP contribution in [0.1, 0.15) is 33.6 Å². The van der Waals surface area contributed by atoms with Gasteiger partial charge >= 0.3 is 6.03 Å². The lowest BCUT2D eigenvalue weighted by Gasteiger charge is -2.52. The molecule has 0 radical (unpaired) electrons. The lowest BCUT2D eigenvalue weighted by Crippen LogP contribution is -2.53. The van der Waals surface area contributed by atoms with E-state index in [4.69, 9.17) is 34.8 Å². The minimum absolute atomic E-state index is 0.232. The van der Waals surface area contributed by atoms with E-state index in [1.807, 2.05) is 0 Å². The third kappa shape index (κ3) is 4.28. The molecule has 0 unspecified atom stereocenters. The number of amides is 2. The number of hydrogen-bond acceptors (Lipinski definition) is 2. The second-order valence-electron chi connectivity index (χ2n) is 5.66. The maximum absolute atomic E-state index is 11.5. The van der Waals surface area contributed by atoms with Crippen molar-refractivity contribution in [3.05, 3.63) is 0 Å². The molecule has 1 fully saturated rings. The Kier molecular flexibility index (Phi) is 5.64. The van der Waals surface area contributed by atoms with Gasteiger partial charge in [-0.25, -0.2) is 4.79 Å². The number of hydrogen-bond donors (Lipinski definition) is 3. The zero-order valence-corrected chi connectivity index (χ0v) is 13.6. The van der Waals surface area contributed by atoms with E-state index in [1.54, 1.807) is 0 Å². The van der Waals surface area contributed by atoms with E-state index in [1.165, 1.54) is 0 Å². The van der Waals surface area contributed by atoms with Crippen molar-refractivity contribution in [3.8, 4) is 0 Å². The van der Waals surface area contributed by atoms with Crippen LogP contribution in [0.15, 0.2) is 0 Å². The topological polar surface area (TPSA) is 61.4 Å². The molecule has 0 bridgehead atoms. The maximum Gasteiger partial charge on any atom is 0.316 e. The lowest BCUT2D eigenvalue weighted by atomic mass is 9.54. The molecule has 3 N–H and O–H groups in total. The third-order valence-electron chi connectivity index (χ3n) is 4.25. The summed E-state index contributed by atoms with van der Waals surface area (Å²) in [5, 5.41) is 14.3. The maximum atomic E-state index is 11.5. The minimum Gasteiger partial charge on any atom is -0.369 e. The Balaban J connectivity index is 2.33. The molecular weight excluding hydrogens is 311 g/mol. The van der Waals surface area contributed by atoms with E-state index in [9.17, 15) is 9.90 Å². The normalized spacial score (nSPS) is 27.3. The van der Waals surface area contributed by atoms with Crippen LogP contribution < -0.4 is 10.6 Å². The van der Waals surface area contributed by atoms with Crippen molar-refractivity contribution in [2.45, 2.75) is 43.6 Å². The Morgan fingerprint density at radius 3 is 2.42 bits per heavy atom. The third-order valence-corrected chi connectivity index (χ3v) is 4.87. The predicted molar refractivity (Wildman–Crippen MR) is 78.5 cm³/mol. The Hall–Kier alpha value is 0.1000. The summed E-state index contributed by atoms with van der Waals surface area (Å²) < 4.78 is -1.93. The number of nitrogens with one attached hydrogen (secondary N) is 2. The number of aliphatic hydroxyl groups is 1. The highest BCUT2D eigenvalue weighted by molar-refractivity contribution is 6.68. The van der Waals surface area contributed by atoms with Crippen LogP contribution in [-0.2, 0) is 0 Å². The first-order valence-electron chi connectivity index (χ1n) is 6.38. The van der Waals surface area contributed by atoms with Gasteiger partial charge in [0.05, 0.1) is 0 Å². The van der Waals surface area contributed by atoms with Gasteiger partial charge in [-0.1, -0.05) is 62.0 Å². The molecule has 0 spiro atoms. The van der Waals surface area contributed by atoms with Crippen LogP contribution in [0.2, 0.25) is 0 Å². The molecule has 1 saturated carbocycles. The van der Waals surface area contributed by atoms with Gasteiger partial charge in [0, 0.05) is 6.54 Å². The van der Waals surface area contributed by atoms with Crippen LogP contribution in [-0.4, -0.2) is 27.7 Å². The molecule has 4 nitrogen and oxygen atoms in total. The monoisotopic (exact) mass is 330 g/mol. The number of rotatable bonds is 4. The molecule has 0 aromatic heterocycles. The second kappa shape index (κ2) is 6.25. The smallest absolute Gasteiger partial charge is 0.316 e. The summed E-state index contributed by atoms with van der Waals surface area (Å²) >= 11 is 16.4. The Bertz CT molecular complexity index is 331. The lowest BCUT2D eigenvalue weighted by molar-refractivity contribution is -0.0197. The highest BCUT2D eigenvalue weighted by Crippen LogP contribution is 2.52. The molecule has 112 valence electrons. The van der Waals surface area contributed by atoms with E-state index in [-0.39, 0.29) is 5.41 Å².